The Morgan fingerprint density at radius 2 is 1.86 bits per heavy atom. The fraction of sp³-hybridized carbons (Fsp3) is 0.240. The van der Waals surface area contributed by atoms with E-state index < -0.39 is 5.91 Å². The minimum Gasteiger partial charge on any atom is -0.420 e. The Morgan fingerprint density at radius 3 is 2.42 bits per heavy atom. The van der Waals surface area contributed by atoms with E-state index in [0.717, 1.165) is 6.42 Å². The Bertz CT molecular complexity index is 1320. The molecule has 0 bridgehead atoms. The number of rotatable bonds is 6. The number of hydrogen-bond acceptors (Lipinski definition) is 9. The van der Waals surface area contributed by atoms with Crippen molar-refractivity contribution in [2.24, 2.45) is 5.73 Å². The number of aliphatic hydroxyl groups excluding tert-OH is 1. The second-order valence-electron chi connectivity index (χ2n) is 8.80. The zero-order valence-electron chi connectivity index (χ0n) is 20.2. The number of carbonyl (C=O) groups excluding carboxylic acids is 1. The lowest BCUT2D eigenvalue weighted by molar-refractivity contribution is 0.100. The van der Waals surface area contributed by atoms with Crippen LogP contribution in [0.5, 0.6) is 0 Å². The van der Waals surface area contributed by atoms with Gasteiger partial charge in [-0.2, -0.15) is 4.98 Å². The van der Waals surface area contributed by atoms with Crippen LogP contribution in [0.4, 0.5) is 17.5 Å². The second-order valence-corrected chi connectivity index (χ2v) is 9.21. The first-order chi connectivity index (χ1) is 17.1. The normalized spacial score (nSPS) is 10.9. The van der Waals surface area contributed by atoms with Gasteiger partial charge in [0.15, 0.2) is 0 Å². The van der Waals surface area contributed by atoms with Crippen LogP contribution in [0.15, 0.2) is 59.1 Å². The number of benzene rings is 2. The predicted molar refractivity (Wildman–Crippen MR) is 139 cm³/mol. The summed E-state index contributed by atoms with van der Waals surface area (Å²) < 4.78 is 5.66. The van der Waals surface area contributed by atoms with E-state index in [4.69, 9.17) is 32.6 Å². The Hall–Kier alpha value is -4.02. The van der Waals surface area contributed by atoms with Crippen molar-refractivity contribution in [2.45, 2.75) is 32.6 Å². The summed E-state index contributed by atoms with van der Waals surface area (Å²) in [6, 6.07) is 14.6. The smallest absolute Gasteiger partial charge is 0.253 e. The van der Waals surface area contributed by atoms with Gasteiger partial charge in [0.25, 0.3) is 5.89 Å². The van der Waals surface area contributed by atoms with Crippen molar-refractivity contribution in [3.63, 3.8) is 0 Å². The molecule has 188 valence electrons. The largest absolute Gasteiger partial charge is 0.420 e. The van der Waals surface area contributed by atoms with Crippen molar-refractivity contribution in [1.82, 2.24) is 20.2 Å². The van der Waals surface area contributed by atoms with Gasteiger partial charge >= 0.3 is 0 Å². The fourth-order valence-corrected chi connectivity index (χ4v) is 3.22. The number of aliphatic hydroxyl groups is 1. The van der Waals surface area contributed by atoms with Gasteiger partial charge in [-0.15, -0.1) is 10.2 Å². The van der Waals surface area contributed by atoms with Gasteiger partial charge in [-0.25, -0.2) is 4.98 Å². The summed E-state index contributed by atoms with van der Waals surface area (Å²) in [5.41, 5.74) is 13.4. The molecule has 11 heteroatoms. The molecule has 36 heavy (non-hydrogen) atoms. The number of hydrogen-bond donors (Lipinski definition) is 4. The molecule has 0 spiro atoms. The van der Waals surface area contributed by atoms with Crippen LogP contribution in [-0.2, 0) is 11.8 Å². The molecule has 4 aromatic rings. The highest BCUT2D eigenvalue weighted by molar-refractivity contribution is 6.34. The highest BCUT2D eigenvalue weighted by Gasteiger charge is 2.23. The molecule has 0 fully saturated rings. The fourth-order valence-electron chi connectivity index (χ4n) is 2.95. The first kappa shape index (κ1) is 26.6. The zero-order valence-corrected chi connectivity index (χ0v) is 21.0. The summed E-state index contributed by atoms with van der Waals surface area (Å²) in [5, 5.41) is 19.7. The second kappa shape index (κ2) is 11.6. The molecule has 0 aliphatic heterocycles. The molecule has 0 aliphatic rings. The van der Waals surface area contributed by atoms with Crippen LogP contribution in [0.3, 0.4) is 0 Å². The number of aromatic nitrogens is 4. The molecule has 6 N–H and O–H groups in total. The number of primary amides is 1. The van der Waals surface area contributed by atoms with Crippen molar-refractivity contribution in [3.05, 3.63) is 76.8 Å². The van der Waals surface area contributed by atoms with E-state index in [1.165, 1.54) is 17.8 Å². The third-order valence-corrected chi connectivity index (χ3v) is 5.16. The van der Waals surface area contributed by atoms with Gasteiger partial charge in [-0.05, 0) is 30.2 Å². The number of halogens is 1. The molecule has 10 nitrogen and oxygen atoms in total. The molecule has 1 amide bonds. The van der Waals surface area contributed by atoms with Crippen molar-refractivity contribution in [2.75, 3.05) is 17.7 Å². The highest BCUT2D eigenvalue weighted by Crippen LogP contribution is 2.28. The molecular formula is C25H28ClN7O3. The minimum absolute atomic E-state index is 0.177. The van der Waals surface area contributed by atoms with Gasteiger partial charge in [0.1, 0.15) is 5.82 Å². The van der Waals surface area contributed by atoms with Crippen LogP contribution >= 0.6 is 11.6 Å². The summed E-state index contributed by atoms with van der Waals surface area (Å²) >= 11 is 6.03. The maximum absolute atomic E-state index is 11.2. The highest BCUT2D eigenvalue weighted by atomic mass is 35.5. The Morgan fingerprint density at radius 1 is 1.14 bits per heavy atom. The summed E-state index contributed by atoms with van der Waals surface area (Å²) in [6.07, 6.45) is 2.25. The maximum atomic E-state index is 11.2. The van der Waals surface area contributed by atoms with Gasteiger partial charge in [0, 0.05) is 23.9 Å². The van der Waals surface area contributed by atoms with Gasteiger partial charge in [-0.1, -0.05) is 62.7 Å². The average molecular weight is 510 g/mol. The van der Waals surface area contributed by atoms with Gasteiger partial charge < -0.3 is 26.3 Å². The number of nitrogens with two attached hydrogens (primary N) is 2. The number of carbonyl (C=O) groups is 1. The third kappa shape index (κ3) is 7.00. The molecule has 0 saturated carbocycles. The lowest BCUT2D eigenvalue weighted by Crippen LogP contribution is -2.11. The van der Waals surface area contributed by atoms with Crippen LogP contribution in [0.2, 0.25) is 5.02 Å². The number of nitrogen functional groups attached to an aromatic ring is 1. The van der Waals surface area contributed by atoms with Crippen molar-refractivity contribution >= 4 is 35.0 Å². The van der Waals surface area contributed by atoms with E-state index in [9.17, 15) is 4.79 Å². The lowest BCUT2D eigenvalue weighted by Gasteiger charge is -2.11. The van der Waals surface area contributed by atoms with Crippen molar-refractivity contribution < 1.29 is 14.3 Å². The first-order valence-electron chi connectivity index (χ1n) is 11.1. The summed E-state index contributed by atoms with van der Waals surface area (Å²) in [6.45, 7) is 6.13. The Labute approximate surface area is 213 Å². The van der Waals surface area contributed by atoms with Crippen LogP contribution in [0, 0.1) is 0 Å². The quantitative estimate of drug-likeness (QED) is 0.299. The molecule has 0 radical (unpaired) electrons. The van der Waals surface area contributed by atoms with Crippen LogP contribution in [-0.4, -0.2) is 37.8 Å². The van der Waals surface area contributed by atoms with Gasteiger partial charge in [0.05, 0.1) is 16.1 Å². The van der Waals surface area contributed by atoms with E-state index in [-0.39, 0.29) is 40.3 Å². The number of anilines is 3. The van der Waals surface area contributed by atoms with Crippen LogP contribution in [0.1, 0.15) is 42.6 Å². The van der Waals surface area contributed by atoms with Crippen LogP contribution < -0.4 is 16.8 Å². The van der Waals surface area contributed by atoms with E-state index in [2.05, 4.69) is 25.5 Å². The first-order valence-corrected chi connectivity index (χ1v) is 11.4. The molecule has 4 rings (SSSR count). The molecule has 0 aliphatic carbocycles. The lowest BCUT2D eigenvalue weighted by atomic mass is 9.97. The van der Waals surface area contributed by atoms with Crippen LogP contribution in [0.25, 0.3) is 11.5 Å². The van der Waals surface area contributed by atoms with Gasteiger partial charge in [0.2, 0.25) is 17.7 Å². The molecule has 2 aromatic heterocycles. The number of amides is 1. The monoisotopic (exact) mass is 509 g/mol. The average Bonchev–Trinajstić information content (AvgIpc) is 3.31. The molecule has 0 saturated heterocycles. The number of nitrogens with one attached hydrogen (secondary N) is 1. The molecule has 2 heterocycles. The van der Waals surface area contributed by atoms with Crippen molar-refractivity contribution in [1.29, 1.82) is 0 Å². The SMILES string of the molecule is CC(C)(C)c1nnc(-c2cnc(Nc3ccc(C(N)=O)c(Cl)c3)nc2N)o1.OCCc1ccccc1. The predicted octanol–water partition coefficient (Wildman–Crippen LogP) is 4.12. The van der Waals surface area contributed by atoms with E-state index >= 15 is 0 Å². The minimum atomic E-state index is -0.606. The summed E-state index contributed by atoms with van der Waals surface area (Å²) in [7, 11) is 0. The van der Waals surface area contributed by atoms with E-state index in [1.54, 1.807) is 12.1 Å². The maximum Gasteiger partial charge on any atom is 0.253 e. The zero-order chi connectivity index (χ0) is 26.3. The standard InChI is InChI=1S/C17H18ClN7O2.C8H10O/c1-17(2,3)15-25-24-14(27-15)10-7-21-16(23-12(10)19)22-8-4-5-9(13(20)26)11(18)6-8;9-7-6-8-4-2-1-3-5-8/h4-7H,1-3H3,(H2,20,26)(H3,19,21,22,23);1-5,9H,6-7H2. The van der Waals surface area contributed by atoms with Gasteiger partial charge in [-0.3, -0.25) is 4.79 Å². The Kier molecular flexibility index (Phi) is 8.57. The third-order valence-electron chi connectivity index (χ3n) is 4.85. The topological polar surface area (TPSA) is 166 Å². The molecule has 0 atom stereocenters. The Balaban J connectivity index is 0.000000338. The summed E-state index contributed by atoms with van der Waals surface area (Å²) in [4.78, 5) is 19.6. The summed E-state index contributed by atoms with van der Waals surface area (Å²) in [5.74, 6) is 0.554. The molecule has 0 unspecified atom stereocenters. The molecular weight excluding hydrogens is 482 g/mol. The van der Waals surface area contributed by atoms with E-state index in [0.29, 0.717) is 17.1 Å². The van der Waals surface area contributed by atoms with Crippen molar-refractivity contribution in [3.8, 4) is 11.5 Å². The van der Waals surface area contributed by atoms with E-state index in [1.807, 2.05) is 51.1 Å². The number of nitrogens with zero attached hydrogens (tertiary/aromatic N) is 4. The molecule has 2 aromatic carbocycles.